The fourth-order valence-electron chi connectivity index (χ4n) is 3.55. The largest absolute Gasteiger partial charge is 0.352 e. The summed E-state index contributed by atoms with van der Waals surface area (Å²) in [6.45, 7) is 3.93. The van der Waals surface area contributed by atoms with E-state index in [4.69, 9.17) is 0 Å². The van der Waals surface area contributed by atoms with Gasteiger partial charge in [0.25, 0.3) is 15.9 Å². The summed E-state index contributed by atoms with van der Waals surface area (Å²) >= 11 is 0. The lowest BCUT2D eigenvalue weighted by Crippen LogP contribution is -2.22. The Hall–Kier alpha value is -3.72. The van der Waals surface area contributed by atoms with E-state index in [0.29, 0.717) is 29.1 Å². The number of hydrogen-bond donors (Lipinski definition) is 2. The lowest BCUT2D eigenvalue weighted by molar-refractivity contribution is 0.0956. The molecule has 4 aromatic rings. The molecule has 1 heterocycles. The number of aromatic nitrogens is 2. The number of anilines is 1. The Morgan fingerprint density at radius 2 is 1.79 bits per heavy atom. The Morgan fingerprint density at radius 3 is 2.45 bits per heavy atom. The van der Waals surface area contributed by atoms with Crippen molar-refractivity contribution in [2.75, 3.05) is 11.3 Å². The number of amides is 1. The zero-order valence-electron chi connectivity index (χ0n) is 18.4. The van der Waals surface area contributed by atoms with Gasteiger partial charge in [0.1, 0.15) is 11.6 Å². The second-order valence-electron chi connectivity index (χ2n) is 7.65. The minimum absolute atomic E-state index is 0.0181. The average Bonchev–Trinajstić information content (AvgIpc) is 3.11. The number of nitrogens with zero attached hydrogens (tertiary/aromatic N) is 2. The topological polar surface area (TPSA) is 93.1 Å². The lowest BCUT2D eigenvalue weighted by atomic mass is 10.1. The van der Waals surface area contributed by atoms with E-state index in [2.05, 4.69) is 15.0 Å². The van der Waals surface area contributed by atoms with E-state index in [1.807, 2.05) is 30.7 Å². The van der Waals surface area contributed by atoms with Crippen LogP contribution in [0.25, 0.3) is 22.4 Å². The SMILES string of the molecule is CCNC(=O)c1ccc(-c2nc3cc(NS(=O)(=O)c4ccc(F)c(C)c4)ccc3n2C)cc1. The Balaban J connectivity index is 1.64. The summed E-state index contributed by atoms with van der Waals surface area (Å²) in [7, 11) is -2.02. The van der Waals surface area contributed by atoms with Gasteiger partial charge in [0.15, 0.2) is 0 Å². The van der Waals surface area contributed by atoms with E-state index in [1.54, 1.807) is 30.3 Å². The van der Waals surface area contributed by atoms with Crippen LogP contribution in [0.3, 0.4) is 0 Å². The Morgan fingerprint density at radius 1 is 1.06 bits per heavy atom. The van der Waals surface area contributed by atoms with Crippen LogP contribution in [-0.2, 0) is 17.1 Å². The summed E-state index contributed by atoms with van der Waals surface area (Å²) in [5, 5.41) is 2.76. The van der Waals surface area contributed by atoms with Crippen molar-refractivity contribution in [3.63, 3.8) is 0 Å². The number of benzene rings is 3. The second-order valence-corrected chi connectivity index (χ2v) is 9.33. The van der Waals surface area contributed by atoms with Gasteiger partial charge in [0, 0.05) is 24.7 Å². The maximum atomic E-state index is 13.5. The van der Waals surface area contributed by atoms with E-state index in [1.165, 1.54) is 19.1 Å². The van der Waals surface area contributed by atoms with E-state index >= 15 is 0 Å². The molecule has 0 spiro atoms. The first-order valence-electron chi connectivity index (χ1n) is 10.3. The average molecular weight is 467 g/mol. The molecule has 0 aliphatic carbocycles. The standard InChI is InChI=1S/C24H23FN4O3S/c1-4-26-24(30)17-7-5-16(6-8-17)23-27-21-14-18(9-12-22(21)29(23)3)28-33(31,32)19-10-11-20(25)15(2)13-19/h5-14,28H,4H2,1-3H3,(H,26,30). The molecule has 0 unspecified atom stereocenters. The van der Waals surface area contributed by atoms with Crippen LogP contribution in [0, 0.1) is 12.7 Å². The van der Waals surface area contributed by atoms with Gasteiger partial charge in [-0.2, -0.15) is 0 Å². The van der Waals surface area contributed by atoms with Crippen molar-refractivity contribution >= 4 is 32.7 Å². The maximum absolute atomic E-state index is 13.5. The zero-order valence-corrected chi connectivity index (χ0v) is 19.2. The molecule has 0 radical (unpaired) electrons. The van der Waals surface area contributed by atoms with Gasteiger partial charge in [-0.3, -0.25) is 9.52 Å². The van der Waals surface area contributed by atoms with Crippen LogP contribution < -0.4 is 10.0 Å². The van der Waals surface area contributed by atoms with E-state index in [9.17, 15) is 17.6 Å². The molecule has 7 nitrogen and oxygen atoms in total. The predicted octanol–water partition coefficient (Wildman–Crippen LogP) is 4.24. The number of carbonyl (C=O) groups is 1. The van der Waals surface area contributed by atoms with Crippen LogP contribution in [0.2, 0.25) is 0 Å². The highest BCUT2D eigenvalue weighted by Crippen LogP contribution is 2.27. The third-order valence-corrected chi connectivity index (χ3v) is 6.69. The van der Waals surface area contributed by atoms with Crippen molar-refractivity contribution in [2.24, 2.45) is 7.05 Å². The van der Waals surface area contributed by atoms with Gasteiger partial charge in [-0.25, -0.2) is 17.8 Å². The molecule has 33 heavy (non-hydrogen) atoms. The lowest BCUT2D eigenvalue weighted by Gasteiger charge is -2.09. The predicted molar refractivity (Wildman–Crippen MR) is 126 cm³/mol. The van der Waals surface area contributed by atoms with Crippen molar-refractivity contribution in [3.8, 4) is 11.4 Å². The highest BCUT2D eigenvalue weighted by Gasteiger charge is 2.17. The number of sulfonamides is 1. The minimum Gasteiger partial charge on any atom is -0.352 e. The number of halogens is 1. The third-order valence-electron chi connectivity index (χ3n) is 5.32. The summed E-state index contributed by atoms with van der Waals surface area (Å²) in [6.07, 6.45) is 0. The summed E-state index contributed by atoms with van der Waals surface area (Å²) in [4.78, 5) is 16.6. The molecule has 0 atom stereocenters. The van der Waals surface area contributed by atoms with Crippen molar-refractivity contribution in [3.05, 3.63) is 77.6 Å². The molecule has 0 saturated heterocycles. The van der Waals surface area contributed by atoms with Crippen molar-refractivity contribution in [1.82, 2.24) is 14.9 Å². The second kappa shape index (κ2) is 8.67. The molecule has 0 aliphatic heterocycles. The molecule has 2 N–H and O–H groups in total. The van der Waals surface area contributed by atoms with Gasteiger partial charge < -0.3 is 9.88 Å². The van der Waals surface area contributed by atoms with Gasteiger partial charge in [-0.1, -0.05) is 12.1 Å². The fourth-order valence-corrected chi connectivity index (χ4v) is 4.69. The van der Waals surface area contributed by atoms with Crippen molar-refractivity contribution in [2.45, 2.75) is 18.7 Å². The molecule has 1 aromatic heterocycles. The first-order chi connectivity index (χ1) is 15.7. The Labute approximate surface area is 191 Å². The summed E-state index contributed by atoms with van der Waals surface area (Å²) in [5.74, 6) is 0.0827. The highest BCUT2D eigenvalue weighted by molar-refractivity contribution is 7.92. The van der Waals surface area contributed by atoms with E-state index < -0.39 is 15.8 Å². The van der Waals surface area contributed by atoms with Gasteiger partial charge in [0.2, 0.25) is 0 Å². The maximum Gasteiger partial charge on any atom is 0.261 e. The van der Waals surface area contributed by atoms with Crippen LogP contribution in [0.1, 0.15) is 22.8 Å². The quantitative estimate of drug-likeness (QED) is 0.445. The monoisotopic (exact) mass is 466 g/mol. The summed E-state index contributed by atoms with van der Waals surface area (Å²) < 4.78 is 43.4. The molecule has 9 heteroatoms. The molecule has 0 saturated carbocycles. The first-order valence-corrected chi connectivity index (χ1v) is 11.8. The molecule has 4 rings (SSSR count). The number of nitrogens with one attached hydrogen (secondary N) is 2. The number of aryl methyl sites for hydroxylation is 2. The van der Waals surface area contributed by atoms with Crippen LogP contribution in [0.15, 0.2) is 65.6 Å². The third kappa shape index (κ3) is 4.45. The first kappa shape index (κ1) is 22.5. The van der Waals surface area contributed by atoms with Crippen molar-refractivity contribution < 1.29 is 17.6 Å². The van der Waals surface area contributed by atoms with Crippen molar-refractivity contribution in [1.29, 1.82) is 0 Å². The molecular formula is C24H23FN4O3S. The Bertz CT molecular complexity index is 1460. The number of fused-ring (bicyclic) bond motifs is 1. The molecule has 170 valence electrons. The highest BCUT2D eigenvalue weighted by atomic mass is 32.2. The molecular weight excluding hydrogens is 443 g/mol. The van der Waals surface area contributed by atoms with Gasteiger partial charge in [-0.05, 0) is 67.9 Å². The molecule has 0 bridgehead atoms. The van der Waals surface area contributed by atoms with Crippen LogP contribution in [0.5, 0.6) is 0 Å². The molecule has 0 aliphatic rings. The van der Waals surface area contributed by atoms with Crippen LogP contribution in [0.4, 0.5) is 10.1 Å². The molecule has 3 aromatic carbocycles. The Kier molecular flexibility index (Phi) is 5.90. The summed E-state index contributed by atoms with van der Waals surface area (Å²) in [5.41, 5.74) is 3.41. The number of hydrogen-bond acceptors (Lipinski definition) is 4. The zero-order chi connectivity index (χ0) is 23.8. The van der Waals surface area contributed by atoms with E-state index in [-0.39, 0.29) is 16.4 Å². The number of carbonyl (C=O) groups excluding carboxylic acids is 1. The smallest absolute Gasteiger partial charge is 0.261 e. The fraction of sp³-hybridized carbons (Fsp3) is 0.167. The molecule has 0 fully saturated rings. The van der Waals surface area contributed by atoms with Gasteiger partial charge >= 0.3 is 0 Å². The van der Waals surface area contributed by atoms with Crippen LogP contribution in [-0.4, -0.2) is 30.4 Å². The van der Waals surface area contributed by atoms with Crippen LogP contribution >= 0.6 is 0 Å². The van der Waals surface area contributed by atoms with Gasteiger partial charge in [-0.15, -0.1) is 0 Å². The minimum atomic E-state index is -3.88. The molecule has 1 amide bonds. The number of rotatable bonds is 6. The van der Waals surface area contributed by atoms with E-state index in [0.717, 1.165) is 17.1 Å². The van der Waals surface area contributed by atoms with Gasteiger partial charge in [0.05, 0.1) is 21.6 Å². The number of imidazole rings is 1. The summed E-state index contributed by atoms with van der Waals surface area (Å²) in [6, 6.07) is 15.9. The normalized spacial score (nSPS) is 11.5.